The second kappa shape index (κ2) is 22.6. The minimum absolute atomic E-state index is 0.0465. The quantitative estimate of drug-likeness (QED) is 0.0970. The largest absolute Gasteiger partial charge is 0.416 e. The fourth-order valence-electron chi connectivity index (χ4n) is 8.25. The van der Waals surface area contributed by atoms with E-state index >= 15 is 0 Å². The second-order valence-electron chi connectivity index (χ2n) is 16.1. The first-order valence-corrected chi connectivity index (χ1v) is 21.6. The summed E-state index contributed by atoms with van der Waals surface area (Å²) >= 11 is 0. The van der Waals surface area contributed by atoms with Gasteiger partial charge in [0.25, 0.3) is 0 Å². The molecule has 18 nitrogen and oxygen atoms in total. The van der Waals surface area contributed by atoms with E-state index in [-0.39, 0.29) is 130 Å². The summed E-state index contributed by atoms with van der Waals surface area (Å²) in [5, 5.41) is 14.6. The molecule has 0 radical (unpaired) electrons. The first-order valence-electron chi connectivity index (χ1n) is 21.6. The number of halogens is 3. The average molecular weight is 897 g/mol. The molecule has 0 unspecified atom stereocenters. The number of ether oxygens (including phenoxy) is 2. The van der Waals surface area contributed by atoms with E-state index in [2.05, 4.69) is 41.5 Å². The van der Waals surface area contributed by atoms with E-state index in [1.807, 2.05) is 6.07 Å². The SMILES string of the molecule is CN1C(=O)C[C@H](C(=O)NCCC(=O)NCCOCCOCCC(=O)N[C@H]2CC[C@@H](C(=O)NCCN3CC[C@H](Nc4ncnc5ccc(C(F)(F)F)cc45)C3=O)CC2)[C@H]1c1cccnc1. The van der Waals surface area contributed by atoms with Crippen molar-refractivity contribution in [3.63, 3.8) is 0 Å². The zero-order valence-electron chi connectivity index (χ0n) is 35.7. The van der Waals surface area contributed by atoms with Crippen LogP contribution in [0.2, 0.25) is 0 Å². The lowest BCUT2D eigenvalue weighted by Gasteiger charge is -2.28. The van der Waals surface area contributed by atoms with Crippen LogP contribution < -0.4 is 26.6 Å². The number of rotatable bonds is 21. The lowest BCUT2D eigenvalue weighted by molar-refractivity contribution is -0.137. The van der Waals surface area contributed by atoms with Crippen LogP contribution >= 0.6 is 0 Å². The monoisotopic (exact) mass is 896 g/mol. The van der Waals surface area contributed by atoms with Gasteiger partial charge in [0.2, 0.25) is 35.4 Å². The maximum Gasteiger partial charge on any atom is 0.416 e. The summed E-state index contributed by atoms with van der Waals surface area (Å²) in [5.74, 6) is -1.79. The molecule has 64 heavy (non-hydrogen) atoms. The molecule has 6 amide bonds. The summed E-state index contributed by atoms with van der Waals surface area (Å²) in [4.78, 5) is 91.3. The molecule has 3 aliphatic rings. The third kappa shape index (κ3) is 13.1. The number of amides is 6. The number of pyridine rings is 1. The highest BCUT2D eigenvalue weighted by atomic mass is 19.4. The number of nitrogens with zero attached hydrogens (tertiary/aromatic N) is 5. The number of aromatic nitrogens is 3. The number of carbonyl (C=O) groups is 6. The maximum absolute atomic E-state index is 13.3. The molecule has 0 spiro atoms. The number of nitrogens with one attached hydrogen (secondary N) is 5. The number of alkyl halides is 3. The first-order chi connectivity index (χ1) is 30.8. The van der Waals surface area contributed by atoms with Crippen LogP contribution in [0, 0.1) is 11.8 Å². The van der Waals surface area contributed by atoms with E-state index in [0.717, 1.165) is 17.7 Å². The van der Waals surface area contributed by atoms with Crippen molar-refractivity contribution in [2.75, 3.05) is 71.5 Å². The molecule has 2 aliphatic heterocycles. The molecule has 1 aromatic carbocycles. The molecule has 2 saturated heterocycles. The van der Waals surface area contributed by atoms with Crippen molar-refractivity contribution >= 4 is 52.2 Å². The number of benzene rings is 1. The van der Waals surface area contributed by atoms with Crippen molar-refractivity contribution in [2.45, 2.75) is 75.7 Å². The third-order valence-electron chi connectivity index (χ3n) is 11.7. The van der Waals surface area contributed by atoms with Crippen LogP contribution in [0.3, 0.4) is 0 Å². The maximum atomic E-state index is 13.3. The van der Waals surface area contributed by atoms with Crippen LogP contribution in [-0.4, -0.2) is 138 Å². The molecule has 1 saturated carbocycles. The molecule has 21 heteroatoms. The normalized spacial score (nSPS) is 21.2. The summed E-state index contributed by atoms with van der Waals surface area (Å²) < 4.78 is 51.0. The predicted octanol–water partition coefficient (Wildman–Crippen LogP) is 2.11. The van der Waals surface area contributed by atoms with Crippen molar-refractivity contribution < 1.29 is 51.4 Å². The molecule has 346 valence electrons. The van der Waals surface area contributed by atoms with Gasteiger partial charge in [-0.2, -0.15) is 13.2 Å². The number of hydrogen-bond donors (Lipinski definition) is 5. The van der Waals surface area contributed by atoms with E-state index in [0.29, 0.717) is 44.2 Å². The summed E-state index contributed by atoms with van der Waals surface area (Å²) in [7, 11) is 1.66. The lowest BCUT2D eigenvalue weighted by Crippen LogP contribution is -2.43. The molecule has 3 fully saturated rings. The summed E-state index contributed by atoms with van der Waals surface area (Å²) in [6.45, 7) is 2.37. The number of anilines is 1. The van der Waals surface area contributed by atoms with E-state index in [1.165, 1.54) is 12.4 Å². The molecular weight excluding hydrogens is 842 g/mol. The first kappa shape index (κ1) is 47.5. The number of carbonyl (C=O) groups excluding carboxylic acids is 6. The van der Waals surface area contributed by atoms with Gasteiger partial charge in [0.05, 0.1) is 49.5 Å². The number of hydrogen-bond acceptors (Lipinski definition) is 12. The minimum atomic E-state index is -4.54. The highest BCUT2D eigenvalue weighted by Gasteiger charge is 2.43. The molecule has 3 aromatic rings. The fraction of sp³-hybridized carbons (Fsp3) is 0.558. The summed E-state index contributed by atoms with van der Waals surface area (Å²) in [5.41, 5.74) is 0.260. The van der Waals surface area contributed by atoms with Crippen LogP contribution in [-0.2, 0) is 44.4 Å². The Hall–Kier alpha value is -5.96. The van der Waals surface area contributed by atoms with Crippen molar-refractivity contribution in [3.8, 4) is 0 Å². The van der Waals surface area contributed by atoms with Crippen molar-refractivity contribution in [2.24, 2.45) is 11.8 Å². The molecule has 2 aromatic heterocycles. The topological polar surface area (TPSA) is 226 Å². The zero-order valence-corrected chi connectivity index (χ0v) is 35.7. The Morgan fingerprint density at radius 1 is 0.844 bits per heavy atom. The predicted molar refractivity (Wildman–Crippen MR) is 225 cm³/mol. The van der Waals surface area contributed by atoms with E-state index in [9.17, 15) is 41.9 Å². The van der Waals surface area contributed by atoms with Crippen LogP contribution in [0.5, 0.6) is 0 Å². The average Bonchev–Trinajstić information content (AvgIpc) is 3.78. The van der Waals surface area contributed by atoms with E-state index in [1.54, 1.807) is 35.3 Å². The van der Waals surface area contributed by atoms with Gasteiger partial charge in [-0.05, 0) is 61.9 Å². The van der Waals surface area contributed by atoms with Gasteiger partial charge in [0.15, 0.2) is 0 Å². The van der Waals surface area contributed by atoms with Gasteiger partial charge < -0.3 is 45.9 Å². The number of likely N-dealkylation sites (tertiary alicyclic amines) is 2. The Morgan fingerprint density at radius 3 is 2.36 bits per heavy atom. The molecule has 5 N–H and O–H groups in total. The van der Waals surface area contributed by atoms with Crippen LogP contribution in [0.25, 0.3) is 10.9 Å². The van der Waals surface area contributed by atoms with Gasteiger partial charge in [0, 0.05) is 88.8 Å². The molecule has 3 atom stereocenters. The Balaban J connectivity index is 0.753. The number of fused-ring (bicyclic) bond motifs is 1. The van der Waals surface area contributed by atoms with Crippen LogP contribution in [0.1, 0.15) is 68.5 Å². The smallest absolute Gasteiger partial charge is 0.379 e. The molecule has 4 heterocycles. The zero-order chi connectivity index (χ0) is 45.6. The van der Waals surface area contributed by atoms with Crippen LogP contribution in [0.4, 0.5) is 19.0 Å². The van der Waals surface area contributed by atoms with Crippen LogP contribution in [0.15, 0.2) is 49.1 Å². The molecule has 1 aliphatic carbocycles. The fourth-order valence-corrected chi connectivity index (χ4v) is 8.25. The standard InChI is InChI=1S/C43H55F3N10O8/c1-55-37(59)24-32(38(55)28-3-2-13-47-25-28)41(61)49-14-10-35(57)48-16-20-64-22-21-63-19-12-36(58)53-30-7-4-27(5-8-30)40(60)50-15-18-56-17-11-34(42(56)62)54-39-31-23-29(43(44,45)46)6-9-33(31)51-26-52-39/h2-3,6,9,13,23,25-27,30,32,34,38H,4-5,7-8,10-12,14-22,24H2,1H3,(H,48,57)(H,49,61)(H,50,60)(H,53,58)(H,51,52,54)/t27-,30+,32-,34-,38+/m0/s1. The van der Waals surface area contributed by atoms with Gasteiger partial charge in [-0.1, -0.05) is 6.07 Å². The van der Waals surface area contributed by atoms with Gasteiger partial charge in [-0.3, -0.25) is 33.8 Å². The Labute approximate surface area is 368 Å². The van der Waals surface area contributed by atoms with Gasteiger partial charge in [-0.15, -0.1) is 0 Å². The van der Waals surface area contributed by atoms with Gasteiger partial charge >= 0.3 is 6.18 Å². The summed E-state index contributed by atoms with van der Waals surface area (Å²) in [6, 6.07) is 5.64. The summed E-state index contributed by atoms with van der Waals surface area (Å²) in [6.07, 6.45) is 3.23. The van der Waals surface area contributed by atoms with E-state index < -0.39 is 29.7 Å². The second-order valence-corrected chi connectivity index (χ2v) is 16.1. The molecule has 6 rings (SSSR count). The van der Waals surface area contributed by atoms with Crippen molar-refractivity contribution in [1.29, 1.82) is 0 Å². The Kier molecular flexibility index (Phi) is 16.8. The highest BCUT2D eigenvalue weighted by molar-refractivity contribution is 5.93. The Morgan fingerprint density at radius 2 is 1.61 bits per heavy atom. The highest BCUT2D eigenvalue weighted by Crippen LogP contribution is 2.37. The van der Waals surface area contributed by atoms with E-state index in [4.69, 9.17) is 9.47 Å². The molecular formula is C43H55F3N10O8. The van der Waals surface area contributed by atoms with Gasteiger partial charge in [-0.25, -0.2) is 9.97 Å². The van der Waals surface area contributed by atoms with Gasteiger partial charge in [0.1, 0.15) is 18.2 Å². The lowest BCUT2D eigenvalue weighted by atomic mass is 9.85. The minimum Gasteiger partial charge on any atom is -0.379 e. The third-order valence-corrected chi connectivity index (χ3v) is 11.7. The van der Waals surface area contributed by atoms with Crippen molar-refractivity contribution in [1.82, 2.24) is 46.0 Å². The van der Waals surface area contributed by atoms with Crippen molar-refractivity contribution in [3.05, 3.63) is 60.2 Å². The molecule has 0 bridgehead atoms. The Bertz CT molecular complexity index is 2110.